The first-order chi connectivity index (χ1) is 8.77. The Morgan fingerprint density at radius 3 is 2.78 bits per heavy atom. The van der Waals surface area contributed by atoms with Gasteiger partial charge in [0.15, 0.2) is 11.5 Å². The van der Waals surface area contributed by atoms with E-state index in [9.17, 15) is 0 Å². The summed E-state index contributed by atoms with van der Waals surface area (Å²) in [4.78, 5) is 8.51. The number of aryl methyl sites for hydroxylation is 1. The number of rotatable bonds is 2. The van der Waals surface area contributed by atoms with Gasteiger partial charge in [0.25, 0.3) is 0 Å². The molecule has 3 rings (SSSR count). The van der Waals surface area contributed by atoms with Crippen LogP contribution in [0.4, 0.5) is 5.88 Å². The number of nitrogens with two attached hydrogens (primary N) is 1. The summed E-state index contributed by atoms with van der Waals surface area (Å²) < 4.78 is 6.91. The number of imidazole rings is 1. The second kappa shape index (κ2) is 3.99. The van der Waals surface area contributed by atoms with Crippen LogP contribution < -0.4 is 5.73 Å². The fourth-order valence-electron chi connectivity index (χ4n) is 1.81. The van der Waals surface area contributed by atoms with Crippen LogP contribution in [-0.4, -0.2) is 19.7 Å². The summed E-state index contributed by atoms with van der Waals surface area (Å²) in [6, 6.07) is 5.58. The summed E-state index contributed by atoms with van der Waals surface area (Å²) in [5, 5.41) is 3.97. The monoisotopic (exact) mass is 241 g/mol. The normalized spacial score (nSPS) is 10.7. The van der Waals surface area contributed by atoms with Crippen LogP contribution in [0.15, 0.2) is 41.3 Å². The summed E-state index contributed by atoms with van der Waals surface area (Å²) >= 11 is 0. The fraction of sp³-hybridized carbons (Fsp3) is 0.0833. The maximum absolute atomic E-state index is 5.82. The Bertz CT molecular complexity index is 671. The predicted molar refractivity (Wildman–Crippen MR) is 66.3 cm³/mol. The third kappa shape index (κ3) is 1.55. The van der Waals surface area contributed by atoms with E-state index in [0.717, 1.165) is 0 Å². The molecule has 0 aliphatic carbocycles. The van der Waals surface area contributed by atoms with Crippen molar-refractivity contribution < 1.29 is 4.52 Å². The Morgan fingerprint density at radius 1 is 1.22 bits per heavy atom. The molecule has 6 nitrogen and oxygen atoms in total. The molecule has 0 bridgehead atoms. The standard InChI is InChI=1S/C12H11N5O/c1-17-7-6-15-12(17)10-9(11(13)18-16-10)8-4-2-3-5-14-8/h2-7H,13H2,1H3. The van der Waals surface area contributed by atoms with Gasteiger partial charge in [0.2, 0.25) is 5.88 Å². The minimum Gasteiger partial charge on any atom is -0.367 e. The summed E-state index contributed by atoms with van der Waals surface area (Å²) in [5.41, 5.74) is 7.81. The molecular weight excluding hydrogens is 230 g/mol. The molecule has 0 fully saturated rings. The van der Waals surface area contributed by atoms with Crippen molar-refractivity contribution in [3.63, 3.8) is 0 Å². The number of anilines is 1. The molecule has 18 heavy (non-hydrogen) atoms. The Balaban J connectivity index is 2.22. The first kappa shape index (κ1) is 10.5. The maximum Gasteiger partial charge on any atom is 0.232 e. The van der Waals surface area contributed by atoms with Crippen molar-refractivity contribution in [2.24, 2.45) is 7.05 Å². The number of hydrogen-bond donors (Lipinski definition) is 1. The average molecular weight is 241 g/mol. The molecule has 0 amide bonds. The lowest BCUT2D eigenvalue weighted by atomic mass is 10.1. The Morgan fingerprint density at radius 2 is 2.11 bits per heavy atom. The molecule has 0 unspecified atom stereocenters. The molecule has 0 aliphatic heterocycles. The Labute approximate surface area is 103 Å². The van der Waals surface area contributed by atoms with Crippen molar-refractivity contribution >= 4 is 5.88 Å². The molecule has 6 heteroatoms. The highest BCUT2D eigenvalue weighted by Crippen LogP contribution is 2.33. The SMILES string of the molecule is Cn1ccnc1-c1noc(N)c1-c1ccccn1. The highest BCUT2D eigenvalue weighted by Gasteiger charge is 2.20. The molecule has 0 saturated carbocycles. The van der Waals surface area contributed by atoms with E-state index < -0.39 is 0 Å². The second-order valence-corrected chi connectivity index (χ2v) is 3.85. The van der Waals surface area contributed by atoms with Crippen molar-refractivity contribution in [3.05, 3.63) is 36.8 Å². The zero-order valence-electron chi connectivity index (χ0n) is 9.74. The van der Waals surface area contributed by atoms with Gasteiger partial charge in [-0.25, -0.2) is 4.98 Å². The molecule has 3 heterocycles. The van der Waals surface area contributed by atoms with E-state index >= 15 is 0 Å². The van der Waals surface area contributed by atoms with Crippen LogP contribution in [0.25, 0.3) is 22.8 Å². The van der Waals surface area contributed by atoms with E-state index in [4.69, 9.17) is 10.3 Å². The van der Waals surface area contributed by atoms with Crippen LogP contribution in [0, 0.1) is 0 Å². The molecule has 90 valence electrons. The Kier molecular flexibility index (Phi) is 2.33. The van der Waals surface area contributed by atoms with Crippen LogP contribution in [0.3, 0.4) is 0 Å². The number of hydrogen-bond acceptors (Lipinski definition) is 5. The highest BCUT2D eigenvalue weighted by molar-refractivity contribution is 5.82. The minimum atomic E-state index is 0.242. The second-order valence-electron chi connectivity index (χ2n) is 3.85. The lowest BCUT2D eigenvalue weighted by Gasteiger charge is -2.01. The molecule has 0 atom stereocenters. The van der Waals surface area contributed by atoms with E-state index in [-0.39, 0.29) is 5.88 Å². The van der Waals surface area contributed by atoms with E-state index in [1.54, 1.807) is 12.4 Å². The van der Waals surface area contributed by atoms with Gasteiger partial charge in [-0.05, 0) is 12.1 Å². The fourth-order valence-corrected chi connectivity index (χ4v) is 1.81. The smallest absolute Gasteiger partial charge is 0.232 e. The lowest BCUT2D eigenvalue weighted by Crippen LogP contribution is -1.95. The Hall–Kier alpha value is -2.63. The molecule has 0 spiro atoms. The van der Waals surface area contributed by atoms with Crippen molar-refractivity contribution in [1.29, 1.82) is 0 Å². The van der Waals surface area contributed by atoms with Gasteiger partial charge in [0.1, 0.15) is 0 Å². The predicted octanol–water partition coefficient (Wildman–Crippen LogP) is 1.72. The summed E-state index contributed by atoms with van der Waals surface area (Å²) in [6.07, 6.45) is 5.23. The first-order valence-corrected chi connectivity index (χ1v) is 5.41. The van der Waals surface area contributed by atoms with Gasteiger partial charge < -0.3 is 14.8 Å². The maximum atomic E-state index is 5.82. The van der Waals surface area contributed by atoms with Gasteiger partial charge in [0, 0.05) is 25.6 Å². The lowest BCUT2D eigenvalue weighted by molar-refractivity contribution is 0.438. The van der Waals surface area contributed by atoms with E-state index in [0.29, 0.717) is 22.8 Å². The van der Waals surface area contributed by atoms with Crippen molar-refractivity contribution in [1.82, 2.24) is 19.7 Å². The third-order valence-electron chi connectivity index (χ3n) is 2.67. The molecular formula is C12H11N5O. The molecule has 2 N–H and O–H groups in total. The number of nitrogen functional groups attached to an aromatic ring is 1. The van der Waals surface area contributed by atoms with Crippen molar-refractivity contribution in [2.75, 3.05) is 5.73 Å². The molecule has 3 aromatic rings. The average Bonchev–Trinajstić information content (AvgIpc) is 2.96. The van der Waals surface area contributed by atoms with E-state index in [2.05, 4.69) is 15.1 Å². The van der Waals surface area contributed by atoms with Crippen LogP contribution in [-0.2, 0) is 7.05 Å². The number of nitrogens with zero attached hydrogens (tertiary/aromatic N) is 4. The van der Waals surface area contributed by atoms with Gasteiger partial charge in [-0.1, -0.05) is 11.2 Å². The van der Waals surface area contributed by atoms with Crippen molar-refractivity contribution in [3.8, 4) is 22.8 Å². The molecule has 0 radical (unpaired) electrons. The number of pyridine rings is 1. The molecule has 0 saturated heterocycles. The first-order valence-electron chi connectivity index (χ1n) is 5.41. The van der Waals surface area contributed by atoms with Crippen LogP contribution in [0.1, 0.15) is 0 Å². The topological polar surface area (TPSA) is 82.8 Å². The van der Waals surface area contributed by atoms with Gasteiger partial charge in [-0.3, -0.25) is 4.98 Å². The minimum absolute atomic E-state index is 0.242. The van der Waals surface area contributed by atoms with Gasteiger partial charge in [0.05, 0.1) is 11.3 Å². The quantitative estimate of drug-likeness (QED) is 0.738. The van der Waals surface area contributed by atoms with E-state index in [1.807, 2.05) is 36.0 Å². The summed E-state index contributed by atoms with van der Waals surface area (Å²) in [5.74, 6) is 0.933. The zero-order valence-corrected chi connectivity index (χ0v) is 9.74. The zero-order chi connectivity index (χ0) is 12.5. The number of aromatic nitrogens is 4. The molecule has 0 aromatic carbocycles. The van der Waals surface area contributed by atoms with Crippen molar-refractivity contribution in [2.45, 2.75) is 0 Å². The summed E-state index contributed by atoms with van der Waals surface area (Å²) in [7, 11) is 1.88. The van der Waals surface area contributed by atoms with E-state index in [1.165, 1.54) is 0 Å². The van der Waals surface area contributed by atoms with Crippen LogP contribution >= 0.6 is 0 Å². The molecule has 3 aromatic heterocycles. The van der Waals surface area contributed by atoms with Gasteiger partial charge in [-0.2, -0.15) is 0 Å². The third-order valence-corrected chi connectivity index (χ3v) is 2.67. The molecule has 0 aliphatic rings. The highest BCUT2D eigenvalue weighted by atomic mass is 16.5. The van der Waals surface area contributed by atoms with Crippen LogP contribution in [0.5, 0.6) is 0 Å². The van der Waals surface area contributed by atoms with Gasteiger partial charge >= 0.3 is 0 Å². The largest absolute Gasteiger partial charge is 0.367 e. The van der Waals surface area contributed by atoms with Gasteiger partial charge in [-0.15, -0.1) is 0 Å². The summed E-state index contributed by atoms with van der Waals surface area (Å²) in [6.45, 7) is 0. The van der Waals surface area contributed by atoms with Crippen LogP contribution in [0.2, 0.25) is 0 Å².